The van der Waals surface area contributed by atoms with Gasteiger partial charge < -0.3 is 5.11 Å². The van der Waals surface area contributed by atoms with Gasteiger partial charge in [-0.25, -0.2) is 12.8 Å². The van der Waals surface area contributed by atoms with Gasteiger partial charge in [0.2, 0.25) is 0 Å². The number of sulfone groups is 1. The Kier molecular flexibility index (Phi) is 3.34. The van der Waals surface area contributed by atoms with E-state index < -0.39 is 15.4 Å². The van der Waals surface area contributed by atoms with Crippen LogP contribution in [0.1, 0.15) is 17.5 Å². The SMILES string of the molecule is O=S1(=O)CCC(O)(Cc2cccc(F)c2)c2ccccc21. The highest BCUT2D eigenvalue weighted by Crippen LogP contribution is 2.39. The summed E-state index contributed by atoms with van der Waals surface area (Å²) in [4.78, 5) is 0.176. The first kappa shape index (κ1) is 14.2. The van der Waals surface area contributed by atoms with Crippen molar-refractivity contribution in [3.05, 3.63) is 65.5 Å². The summed E-state index contributed by atoms with van der Waals surface area (Å²) < 4.78 is 37.5. The second-order valence-electron chi connectivity index (χ2n) is 5.40. The molecule has 3 nitrogen and oxygen atoms in total. The molecule has 1 atom stereocenters. The molecular formula is C16H15FO3S. The molecule has 0 saturated carbocycles. The molecule has 110 valence electrons. The molecule has 0 bridgehead atoms. The van der Waals surface area contributed by atoms with Crippen molar-refractivity contribution in [3.63, 3.8) is 0 Å². The Morgan fingerprint density at radius 3 is 2.67 bits per heavy atom. The van der Waals surface area contributed by atoms with Gasteiger partial charge in [-0.3, -0.25) is 0 Å². The van der Waals surface area contributed by atoms with Gasteiger partial charge in [-0.1, -0.05) is 30.3 Å². The summed E-state index contributed by atoms with van der Waals surface area (Å²) in [6.45, 7) is 0. The van der Waals surface area contributed by atoms with Crippen molar-refractivity contribution in [3.8, 4) is 0 Å². The Hall–Kier alpha value is -1.72. The summed E-state index contributed by atoms with van der Waals surface area (Å²) >= 11 is 0. The zero-order valence-corrected chi connectivity index (χ0v) is 12.1. The van der Waals surface area contributed by atoms with Gasteiger partial charge in [-0.05, 0) is 30.2 Å². The van der Waals surface area contributed by atoms with Gasteiger partial charge in [0.25, 0.3) is 0 Å². The minimum absolute atomic E-state index is 0.101. The highest BCUT2D eigenvalue weighted by atomic mass is 32.2. The van der Waals surface area contributed by atoms with Gasteiger partial charge in [0, 0.05) is 12.0 Å². The molecule has 1 aliphatic heterocycles. The second kappa shape index (κ2) is 4.93. The summed E-state index contributed by atoms with van der Waals surface area (Å²) in [6.07, 6.45) is 0.306. The van der Waals surface area contributed by atoms with Crippen molar-refractivity contribution in [2.45, 2.75) is 23.3 Å². The van der Waals surface area contributed by atoms with Gasteiger partial charge >= 0.3 is 0 Å². The van der Waals surface area contributed by atoms with E-state index in [-0.39, 0.29) is 29.3 Å². The molecule has 2 aromatic rings. The summed E-state index contributed by atoms with van der Waals surface area (Å²) in [5, 5.41) is 10.9. The molecule has 1 unspecified atom stereocenters. The average Bonchev–Trinajstić information content (AvgIpc) is 2.44. The molecule has 1 aliphatic rings. The van der Waals surface area contributed by atoms with E-state index in [4.69, 9.17) is 0 Å². The van der Waals surface area contributed by atoms with Crippen LogP contribution in [0.15, 0.2) is 53.4 Å². The first-order valence-electron chi connectivity index (χ1n) is 6.70. The lowest BCUT2D eigenvalue weighted by Gasteiger charge is -2.34. The van der Waals surface area contributed by atoms with Crippen molar-refractivity contribution in [2.24, 2.45) is 0 Å². The van der Waals surface area contributed by atoms with E-state index in [0.29, 0.717) is 11.1 Å². The third-order valence-electron chi connectivity index (χ3n) is 3.89. The molecular weight excluding hydrogens is 291 g/mol. The Balaban J connectivity index is 2.06. The minimum Gasteiger partial charge on any atom is -0.385 e. The summed E-state index contributed by atoms with van der Waals surface area (Å²) in [7, 11) is -3.35. The Bertz CT molecular complexity index is 786. The van der Waals surface area contributed by atoms with Crippen LogP contribution < -0.4 is 0 Å². The second-order valence-corrected chi connectivity index (χ2v) is 7.48. The van der Waals surface area contributed by atoms with Crippen LogP contribution in [0.3, 0.4) is 0 Å². The monoisotopic (exact) mass is 306 g/mol. The van der Waals surface area contributed by atoms with Gasteiger partial charge in [0.1, 0.15) is 5.82 Å². The van der Waals surface area contributed by atoms with Crippen LogP contribution in [0.2, 0.25) is 0 Å². The van der Waals surface area contributed by atoms with Crippen LogP contribution in [0.5, 0.6) is 0 Å². The molecule has 0 fully saturated rings. The first-order valence-corrected chi connectivity index (χ1v) is 8.35. The standard InChI is InChI=1S/C16H15FO3S/c17-13-5-3-4-12(10-13)11-16(18)8-9-21(19,20)15-7-2-1-6-14(15)16/h1-7,10,18H,8-9,11H2. The van der Waals surface area contributed by atoms with E-state index in [1.54, 1.807) is 30.3 Å². The molecule has 0 aliphatic carbocycles. The molecule has 2 aromatic carbocycles. The topological polar surface area (TPSA) is 54.4 Å². The van der Waals surface area contributed by atoms with Crippen LogP contribution in [-0.4, -0.2) is 19.3 Å². The lowest BCUT2D eigenvalue weighted by atomic mass is 9.84. The molecule has 21 heavy (non-hydrogen) atoms. The van der Waals surface area contributed by atoms with Gasteiger partial charge in [0.05, 0.1) is 16.2 Å². The van der Waals surface area contributed by atoms with Crippen LogP contribution >= 0.6 is 0 Å². The molecule has 0 spiro atoms. The van der Waals surface area contributed by atoms with E-state index in [9.17, 15) is 17.9 Å². The summed E-state index contributed by atoms with van der Waals surface area (Å²) in [6, 6.07) is 12.5. The third kappa shape index (κ3) is 2.59. The lowest BCUT2D eigenvalue weighted by molar-refractivity contribution is 0.0282. The molecule has 5 heteroatoms. The van der Waals surface area contributed by atoms with Gasteiger partial charge in [0.15, 0.2) is 9.84 Å². The number of halogens is 1. The third-order valence-corrected chi connectivity index (χ3v) is 5.66. The van der Waals surface area contributed by atoms with Crippen LogP contribution in [0, 0.1) is 5.82 Å². The van der Waals surface area contributed by atoms with Crippen molar-refractivity contribution in [1.82, 2.24) is 0 Å². The van der Waals surface area contributed by atoms with E-state index in [1.807, 2.05) is 0 Å². The normalized spacial score (nSPS) is 23.5. The van der Waals surface area contributed by atoms with Crippen molar-refractivity contribution >= 4 is 9.84 Å². The zero-order chi connectivity index (χ0) is 15.1. The van der Waals surface area contributed by atoms with Crippen molar-refractivity contribution < 1.29 is 17.9 Å². The maximum atomic E-state index is 13.3. The van der Waals surface area contributed by atoms with Gasteiger partial charge in [-0.2, -0.15) is 0 Å². The minimum atomic E-state index is -3.35. The molecule has 0 radical (unpaired) electrons. The first-order chi connectivity index (χ1) is 9.91. The van der Waals surface area contributed by atoms with E-state index in [2.05, 4.69) is 0 Å². The highest BCUT2D eigenvalue weighted by Gasteiger charge is 2.40. The summed E-state index contributed by atoms with van der Waals surface area (Å²) in [5.41, 5.74) is -0.234. The number of aliphatic hydroxyl groups is 1. The molecule has 0 amide bonds. The molecule has 0 saturated heterocycles. The lowest BCUT2D eigenvalue weighted by Crippen LogP contribution is -2.37. The maximum absolute atomic E-state index is 13.3. The maximum Gasteiger partial charge on any atom is 0.178 e. The Labute approximate surface area is 123 Å². The molecule has 1 N–H and O–H groups in total. The van der Waals surface area contributed by atoms with Crippen LogP contribution in [0.25, 0.3) is 0 Å². The Morgan fingerprint density at radius 2 is 1.90 bits per heavy atom. The van der Waals surface area contributed by atoms with Crippen LogP contribution in [0.4, 0.5) is 4.39 Å². The van der Waals surface area contributed by atoms with Crippen molar-refractivity contribution in [2.75, 3.05) is 5.75 Å². The van der Waals surface area contributed by atoms with E-state index in [1.165, 1.54) is 18.2 Å². The van der Waals surface area contributed by atoms with Crippen LogP contribution in [-0.2, 0) is 21.9 Å². The predicted octanol–water partition coefficient (Wildman–Crippen LogP) is 2.43. The van der Waals surface area contributed by atoms with E-state index >= 15 is 0 Å². The number of hydrogen-bond donors (Lipinski definition) is 1. The predicted molar refractivity (Wildman–Crippen MR) is 77.1 cm³/mol. The number of fused-ring (bicyclic) bond motifs is 1. The number of rotatable bonds is 2. The number of benzene rings is 2. The highest BCUT2D eigenvalue weighted by molar-refractivity contribution is 7.91. The largest absolute Gasteiger partial charge is 0.385 e. The van der Waals surface area contributed by atoms with E-state index in [0.717, 1.165) is 0 Å². The fraction of sp³-hybridized carbons (Fsp3) is 0.250. The Morgan fingerprint density at radius 1 is 1.14 bits per heavy atom. The number of hydrogen-bond acceptors (Lipinski definition) is 3. The smallest absolute Gasteiger partial charge is 0.178 e. The van der Waals surface area contributed by atoms with Gasteiger partial charge in [-0.15, -0.1) is 0 Å². The summed E-state index contributed by atoms with van der Waals surface area (Å²) in [5.74, 6) is -0.469. The molecule has 1 heterocycles. The quantitative estimate of drug-likeness (QED) is 0.927. The zero-order valence-electron chi connectivity index (χ0n) is 11.3. The average molecular weight is 306 g/mol. The molecule has 0 aromatic heterocycles. The fourth-order valence-corrected chi connectivity index (χ4v) is 4.54. The molecule has 3 rings (SSSR count). The fourth-order valence-electron chi connectivity index (χ4n) is 2.84. The van der Waals surface area contributed by atoms with Crippen molar-refractivity contribution in [1.29, 1.82) is 0 Å².